The molecular weight excluding hydrogens is 308 g/mol. The molecule has 2 rings (SSSR count). The Bertz CT molecular complexity index is 574. The van der Waals surface area contributed by atoms with Crippen molar-refractivity contribution >= 4 is 17.8 Å². The predicted octanol–water partition coefficient (Wildman–Crippen LogP) is 1.70. The van der Waals surface area contributed by atoms with Gasteiger partial charge >= 0.3 is 5.97 Å². The summed E-state index contributed by atoms with van der Waals surface area (Å²) in [6.45, 7) is 0.740. The van der Waals surface area contributed by atoms with Gasteiger partial charge in [-0.15, -0.1) is 0 Å². The van der Waals surface area contributed by atoms with Crippen molar-refractivity contribution in [2.24, 2.45) is 11.8 Å². The van der Waals surface area contributed by atoms with Crippen LogP contribution < -0.4 is 10.6 Å². The molecule has 24 heavy (non-hydrogen) atoms. The van der Waals surface area contributed by atoms with Crippen LogP contribution in [0.4, 0.5) is 0 Å². The third-order valence-corrected chi connectivity index (χ3v) is 4.38. The first kappa shape index (κ1) is 18.0. The summed E-state index contributed by atoms with van der Waals surface area (Å²) in [6.07, 6.45) is 2.72. The van der Waals surface area contributed by atoms with Crippen molar-refractivity contribution in [3.63, 3.8) is 0 Å². The SMILES string of the molecule is O=C(CCNC(=O)C1CCCC(C(=O)O)C1)NCc1ccccc1. The van der Waals surface area contributed by atoms with E-state index in [0.717, 1.165) is 18.4 Å². The van der Waals surface area contributed by atoms with Crippen LogP contribution in [0, 0.1) is 11.8 Å². The molecular formula is C18H24N2O4. The van der Waals surface area contributed by atoms with Crippen LogP contribution in [-0.4, -0.2) is 29.4 Å². The Morgan fingerprint density at radius 2 is 1.75 bits per heavy atom. The van der Waals surface area contributed by atoms with Gasteiger partial charge in [0.1, 0.15) is 0 Å². The van der Waals surface area contributed by atoms with E-state index in [1.165, 1.54) is 0 Å². The molecule has 2 atom stereocenters. The lowest BCUT2D eigenvalue weighted by atomic mass is 9.81. The molecule has 0 bridgehead atoms. The van der Waals surface area contributed by atoms with Crippen LogP contribution in [-0.2, 0) is 20.9 Å². The van der Waals surface area contributed by atoms with E-state index in [1.54, 1.807) is 0 Å². The van der Waals surface area contributed by atoms with Crippen molar-refractivity contribution in [3.05, 3.63) is 35.9 Å². The summed E-state index contributed by atoms with van der Waals surface area (Å²) in [5.74, 6) is -1.77. The van der Waals surface area contributed by atoms with Gasteiger partial charge in [0.05, 0.1) is 5.92 Å². The third-order valence-electron chi connectivity index (χ3n) is 4.38. The molecule has 2 unspecified atom stereocenters. The topological polar surface area (TPSA) is 95.5 Å². The minimum atomic E-state index is -0.826. The van der Waals surface area contributed by atoms with Crippen LogP contribution in [0.15, 0.2) is 30.3 Å². The average molecular weight is 332 g/mol. The zero-order valence-electron chi connectivity index (χ0n) is 13.7. The summed E-state index contributed by atoms with van der Waals surface area (Å²) < 4.78 is 0. The van der Waals surface area contributed by atoms with Gasteiger partial charge in [0.2, 0.25) is 11.8 Å². The van der Waals surface area contributed by atoms with E-state index in [-0.39, 0.29) is 30.7 Å². The van der Waals surface area contributed by atoms with Gasteiger partial charge in [0.15, 0.2) is 0 Å². The van der Waals surface area contributed by atoms with Gasteiger partial charge in [-0.05, 0) is 24.8 Å². The van der Waals surface area contributed by atoms with Crippen LogP contribution in [0.25, 0.3) is 0 Å². The highest BCUT2D eigenvalue weighted by molar-refractivity contribution is 5.81. The summed E-state index contributed by atoms with van der Waals surface area (Å²) in [6, 6.07) is 9.61. The lowest BCUT2D eigenvalue weighted by Crippen LogP contribution is -2.37. The highest BCUT2D eigenvalue weighted by Crippen LogP contribution is 2.29. The van der Waals surface area contributed by atoms with Crippen LogP contribution in [0.3, 0.4) is 0 Å². The first-order chi connectivity index (χ1) is 11.6. The van der Waals surface area contributed by atoms with Gasteiger partial charge in [0.25, 0.3) is 0 Å². The van der Waals surface area contributed by atoms with E-state index in [4.69, 9.17) is 5.11 Å². The predicted molar refractivity (Wildman–Crippen MR) is 89.0 cm³/mol. The Morgan fingerprint density at radius 3 is 2.46 bits per heavy atom. The fourth-order valence-electron chi connectivity index (χ4n) is 2.98. The Morgan fingerprint density at radius 1 is 1.04 bits per heavy atom. The lowest BCUT2D eigenvalue weighted by molar-refractivity contribution is -0.144. The minimum absolute atomic E-state index is 0.119. The molecule has 0 saturated heterocycles. The second-order valence-electron chi connectivity index (χ2n) is 6.20. The monoisotopic (exact) mass is 332 g/mol. The van der Waals surface area contributed by atoms with Gasteiger partial charge in [-0.3, -0.25) is 14.4 Å². The summed E-state index contributed by atoms with van der Waals surface area (Å²) in [4.78, 5) is 34.9. The van der Waals surface area contributed by atoms with E-state index in [2.05, 4.69) is 10.6 Å². The Kier molecular flexibility index (Phi) is 6.78. The Labute approximate surface area is 141 Å². The molecule has 0 heterocycles. The molecule has 3 N–H and O–H groups in total. The number of carbonyl (C=O) groups is 3. The van der Waals surface area contributed by atoms with Crippen molar-refractivity contribution in [1.29, 1.82) is 0 Å². The van der Waals surface area contributed by atoms with E-state index in [1.807, 2.05) is 30.3 Å². The number of carboxylic acid groups (broad SMARTS) is 1. The van der Waals surface area contributed by atoms with Gasteiger partial charge in [0, 0.05) is 25.4 Å². The number of hydrogen-bond donors (Lipinski definition) is 3. The molecule has 0 aromatic heterocycles. The summed E-state index contributed by atoms with van der Waals surface area (Å²) in [5.41, 5.74) is 1.02. The maximum Gasteiger partial charge on any atom is 0.306 e. The number of carboxylic acids is 1. The molecule has 1 aliphatic carbocycles. The van der Waals surface area contributed by atoms with E-state index in [0.29, 0.717) is 19.4 Å². The van der Waals surface area contributed by atoms with Gasteiger partial charge < -0.3 is 15.7 Å². The molecule has 6 heteroatoms. The maximum absolute atomic E-state index is 12.1. The molecule has 0 aliphatic heterocycles. The number of hydrogen-bond acceptors (Lipinski definition) is 3. The highest BCUT2D eigenvalue weighted by atomic mass is 16.4. The zero-order chi connectivity index (χ0) is 17.4. The van der Waals surface area contributed by atoms with Crippen LogP contribution in [0.1, 0.15) is 37.7 Å². The standard InChI is InChI=1S/C18H24N2O4/c21-16(20-12-13-5-2-1-3-6-13)9-10-19-17(22)14-7-4-8-15(11-14)18(23)24/h1-3,5-6,14-15H,4,7-12H2,(H,19,22)(H,20,21)(H,23,24). The number of amides is 2. The van der Waals surface area contributed by atoms with Gasteiger partial charge in [-0.25, -0.2) is 0 Å². The second-order valence-corrected chi connectivity index (χ2v) is 6.20. The molecule has 1 aliphatic rings. The zero-order valence-corrected chi connectivity index (χ0v) is 13.7. The van der Waals surface area contributed by atoms with Crippen LogP contribution in [0.5, 0.6) is 0 Å². The molecule has 0 spiro atoms. The highest BCUT2D eigenvalue weighted by Gasteiger charge is 2.30. The minimum Gasteiger partial charge on any atom is -0.481 e. The van der Waals surface area contributed by atoms with Crippen molar-refractivity contribution in [3.8, 4) is 0 Å². The largest absolute Gasteiger partial charge is 0.481 e. The van der Waals surface area contributed by atoms with Crippen molar-refractivity contribution in [2.75, 3.05) is 6.54 Å². The first-order valence-corrected chi connectivity index (χ1v) is 8.37. The normalized spacial score (nSPS) is 20.2. The molecule has 0 radical (unpaired) electrons. The maximum atomic E-state index is 12.1. The van der Waals surface area contributed by atoms with Gasteiger partial charge in [-0.1, -0.05) is 36.8 Å². The number of nitrogens with one attached hydrogen (secondary N) is 2. The van der Waals surface area contributed by atoms with E-state index >= 15 is 0 Å². The van der Waals surface area contributed by atoms with Crippen molar-refractivity contribution in [2.45, 2.75) is 38.6 Å². The summed E-state index contributed by atoms with van der Waals surface area (Å²) in [7, 11) is 0. The fourth-order valence-corrected chi connectivity index (χ4v) is 2.98. The molecule has 1 saturated carbocycles. The molecule has 6 nitrogen and oxygen atoms in total. The first-order valence-electron chi connectivity index (χ1n) is 8.37. The molecule has 130 valence electrons. The van der Waals surface area contributed by atoms with Crippen LogP contribution >= 0.6 is 0 Å². The third kappa shape index (κ3) is 5.68. The van der Waals surface area contributed by atoms with Crippen LogP contribution in [0.2, 0.25) is 0 Å². The molecule has 1 aromatic carbocycles. The summed E-state index contributed by atoms with van der Waals surface area (Å²) >= 11 is 0. The quantitative estimate of drug-likeness (QED) is 0.708. The molecule has 2 amide bonds. The number of carbonyl (C=O) groups excluding carboxylic acids is 2. The number of benzene rings is 1. The Balaban J connectivity index is 1.65. The van der Waals surface area contributed by atoms with Gasteiger partial charge in [-0.2, -0.15) is 0 Å². The lowest BCUT2D eigenvalue weighted by Gasteiger charge is -2.25. The average Bonchev–Trinajstić information content (AvgIpc) is 2.61. The number of aliphatic carboxylic acids is 1. The fraction of sp³-hybridized carbons (Fsp3) is 0.500. The summed E-state index contributed by atoms with van der Waals surface area (Å²) in [5, 5.41) is 14.6. The van der Waals surface area contributed by atoms with Crippen molar-refractivity contribution < 1.29 is 19.5 Å². The smallest absolute Gasteiger partial charge is 0.306 e. The van der Waals surface area contributed by atoms with E-state index < -0.39 is 11.9 Å². The number of rotatable bonds is 7. The van der Waals surface area contributed by atoms with E-state index in [9.17, 15) is 14.4 Å². The molecule has 1 fully saturated rings. The molecule has 1 aromatic rings. The Hall–Kier alpha value is -2.37. The van der Waals surface area contributed by atoms with Crippen molar-refractivity contribution in [1.82, 2.24) is 10.6 Å². The second kappa shape index (κ2) is 9.05.